The lowest BCUT2D eigenvalue weighted by atomic mass is 9.76. The maximum Gasteiger partial charge on any atom is 0.225 e. The molecule has 0 saturated carbocycles. The lowest BCUT2D eigenvalue weighted by Crippen LogP contribution is -2.27. The molecular weight excluding hydrogens is 405 g/mol. The Balaban J connectivity index is 1.32. The number of likely N-dealkylation sites (tertiary alicyclic amines) is 1. The SMILES string of the molecule is CC1(C)CCc2c(-c3cc(F)nc(NC4CC(=O)N(Cc5ccccc5)C4)c3)n[nH]c2C1. The summed E-state index contributed by atoms with van der Waals surface area (Å²) in [5.41, 5.74) is 5.16. The van der Waals surface area contributed by atoms with E-state index < -0.39 is 5.95 Å². The van der Waals surface area contributed by atoms with Gasteiger partial charge in [0.2, 0.25) is 11.9 Å². The number of aromatic nitrogens is 3. The molecule has 1 amide bonds. The maximum absolute atomic E-state index is 14.4. The van der Waals surface area contributed by atoms with Crippen molar-refractivity contribution < 1.29 is 9.18 Å². The van der Waals surface area contributed by atoms with Crippen LogP contribution in [0.1, 0.15) is 43.5 Å². The lowest BCUT2D eigenvalue weighted by molar-refractivity contribution is -0.128. The summed E-state index contributed by atoms with van der Waals surface area (Å²) in [5.74, 6) is -0.0254. The van der Waals surface area contributed by atoms with E-state index >= 15 is 0 Å². The zero-order valence-electron chi connectivity index (χ0n) is 18.5. The van der Waals surface area contributed by atoms with Crippen molar-refractivity contribution in [1.82, 2.24) is 20.1 Å². The van der Waals surface area contributed by atoms with Gasteiger partial charge < -0.3 is 10.2 Å². The third-order valence-electron chi connectivity index (χ3n) is 6.51. The molecule has 32 heavy (non-hydrogen) atoms. The van der Waals surface area contributed by atoms with Crippen LogP contribution < -0.4 is 5.32 Å². The van der Waals surface area contributed by atoms with Gasteiger partial charge in [-0.15, -0.1) is 0 Å². The second-order valence-corrected chi connectivity index (χ2v) is 9.74. The highest BCUT2D eigenvalue weighted by Crippen LogP contribution is 2.38. The van der Waals surface area contributed by atoms with Crippen molar-refractivity contribution in [3.63, 3.8) is 0 Å². The molecule has 0 radical (unpaired) electrons. The second kappa shape index (κ2) is 8.04. The largest absolute Gasteiger partial charge is 0.365 e. The van der Waals surface area contributed by atoms with E-state index in [-0.39, 0.29) is 17.4 Å². The molecule has 2 N–H and O–H groups in total. The van der Waals surface area contributed by atoms with Gasteiger partial charge in [-0.1, -0.05) is 44.2 Å². The van der Waals surface area contributed by atoms with Gasteiger partial charge in [0.15, 0.2) is 0 Å². The van der Waals surface area contributed by atoms with Crippen molar-refractivity contribution in [1.29, 1.82) is 0 Å². The van der Waals surface area contributed by atoms with E-state index in [1.165, 1.54) is 11.6 Å². The Bertz CT molecular complexity index is 1140. The summed E-state index contributed by atoms with van der Waals surface area (Å²) in [7, 11) is 0. The van der Waals surface area contributed by atoms with Gasteiger partial charge in [-0.25, -0.2) is 4.98 Å². The number of amides is 1. The van der Waals surface area contributed by atoms with Crippen molar-refractivity contribution >= 4 is 11.7 Å². The molecule has 3 aromatic rings. The van der Waals surface area contributed by atoms with Crippen molar-refractivity contribution in [2.75, 3.05) is 11.9 Å². The van der Waals surface area contributed by atoms with Crippen LogP contribution in [-0.2, 0) is 24.2 Å². The fourth-order valence-electron chi connectivity index (χ4n) is 4.83. The van der Waals surface area contributed by atoms with Gasteiger partial charge in [-0.3, -0.25) is 9.89 Å². The minimum Gasteiger partial charge on any atom is -0.365 e. The quantitative estimate of drug-likeness (QED) is 0.587. The molecule has 7 heteroatoms. The predicted molar refractivity (Wildman–Crippen MR) is 121 cm³/mol. The number of nitrogens with zero attached hydrogens (tertiary/aromatic N) is 3. The summed E-state index contributed by atoms with van der Waals surface area (Å²) in [6.07, 6.45) is 3.31. The Labute approximate surface area is 187 Å². The number of pyridine rings is 1. The number of benzene rings is 1. The highest BCUT2D eigenvalue weighted by molar-refractivity contribution is 5.80. The zero-order valence-corrected chi connectivity index (χ0v) is 18.5. The molecule has 6 nitrogen and oxygen atoms in total. The number of rotatable bonds is 5. The van der Waals surface area contributed by atoms with Gasteiger partial charge in [0.25, 0.3) is 0 Å². The number of carbonyl (C=O) groups is 1. The minimum atomic E-state index is -0.552. The van der Waals surface area contributed by atoms with Crippen LogP contribution in [0.4, 0.5) is 10.2 Å². The Morgan fingerprint density at radius 2 is 2.06 bits per heavy atom. The monoisotopic (exact) mass is 433 g/mol. The molecule has 0 bridgehead atoms. The van der Waals surface area contributed by atoms with Gasteiger partial charge in [0.1, 0.15) is 5.82 Å². The van der Waals surface area contributed by atoms with Crippen molar-refractivity contribution in [3.05, 3.63) is 65.2 Å². The first-order chi connectivity index (χ1) is 15.4. The molecule has 1 saturated heterocycles. The van der Waals surface area contributed by atoms with Crippen LogP contribution in [0, 0.1) is 11.4 Å². The van der Waals surface area contributed by atoms with E-state index in [9.17, 15) is 9.18 Å². The number of nitrogens with one attached hydrogen (secondary N) is 2. The average Bonchev–Trinajstić information content (AvgIpc) is 3.30. The molecule has 1 aromatic carbocycles. The van der Waals surface area contributed by atoms with E-state index in [4.69, 9.17) is 0 Å². The van der Waals surface area contributed by atoms with E-state index in [0.717, 1.165) is 36.2 Å². The first-order valence-electron chi connectivity index (χ1n) is 11.2. The standard InChI is InChI=1S/C25H28FN5O/c1-25(2)9-8-19-20(13-25)29-30-24(19)17-10-21(26)28-22(11-17)27-18-12-23(32)31(15-18)14-16-6-4-3-5-7-16/h3-7,10-11,18H,8-9,12-15H2,1-2H3,(H,27,28)(H,29,30). The van der Waals surface area contributed by atoms with Crippen LogP contribution >= 0.6 is 0 Å². The van der Waals surface area contributed by atoms with E-state index in [2.05, 4.69) is 34.3 Å². The van der Waals surface area contributed by atoms with Crippen LogP contribution in [0.25, 0.3) is 11.3 Å². The molecule has 3 heterocycles. The van der Waals surface area contributed by atoms with Gasteiger partial charge in [-0.2, -0.15) is 9.49 Å². The fourth-order valence-corrected chi connectivity index (χ4v) is 4.83. The normalized spacial score (nSPS) is 19.8. The molecule has 1 aliphatic heterocycles. The molecule has 1 atom stereocenters. The van der Waals surface area contributed by atoms with Crippen LogP contribution in [0.15, 0.2) is 42.5 Å². The second-order valence-electron chi connectivity index (χ2n) is 9.74. The number of halogens is 1. The summed E-state index contributed by atoms with van der Waals surface area (Å²) in [4.78, 5) is 18.4. The Kier molecular flexibility index (Phi) is 5.19. The van der Waals surface area contributed by atoms with Gasteiger partial charge >= 0.3 is 0 Å². The molecule has 0 spiro atoms. The summed E-state index contributed by atoms with van der Waals surface area (Å²) >= 11 is 0. The number of hydrogen-bond acceptors (Lipinski definition) is 4. The number of H-pyrrole nitrogens is 1. The van der Waals surface area contributed by atoms with Gasteiger partial charge in [-0.05, 0) is 36.3 Å². The number of anilines is 1. The highest BCUT2D eigenvalue weighted by Gasteiger charge is 2.31. The highest BCUT2D eigenvalue weighted by atomic mass is 19.1. The van der Waals surface area contributed by atoms with Gasteiger partial charge in [0, 0.05) is 42.4 Å². The average molecular weight is 434 g/mol. The molecule has 166 valence electrons. The Morgan fingerprint density at radius 1 is 1.25 bits per heavy atom. The summed E-state index contributed by atoms with van der Waals surface area (Å²) in [5, 5.41) is 10.9. The summed E-state index contributed by atoms with van der Waals surface area (Å²) in [6, 6.07) is 13.1. The van der Waals surface area contributed by atoms with Crippen molar-refractivity contribution in [3.8, 4) is 11.3 Å². The number of aromatic amines is 1. The van der Waals surface area contributed by atoms with Crippen LogP contribution in [0.3, 0.4) is 0 Å². The Morgan fingerprint density at radius 3 is 2.88 bits per heavy atom. The van der Waals surface area contributed by atoms with Gasteiger partial charge in [0.05, 0.1) is 11.7 Å². The van der Waals surface area contributed by atoms with Crippen molar-refractivity contribution in [2.45, 2.75) is 52.1 Å². The van der Waals surface area contributed by atoms with Crippen LogP contribution in [-0.4, -0.2) is 38.6 Å². The number of fused-ring (bicyclic) bond motifs is 1. The van der Waals surface area contributed by atoms with Crippen molar-refractivity contribution in [2.24, 2.45) is 5.41 Å². The number of carbonyl (C=O) groups excluding carboxylic acids is 1. The third kappa shape index (κ3) is 4.24. The summed E-state index contributed by atoms with van der Waals surface area (Å²) < 4.78 is 14.4. The van der Waals surface area contributed by atoms with Crippen LogP contribution in [0.5, 0.6) is 0 Å². The van der Waals surface area contributed by atoms with E-state index in [1.54, 1.807) is 0 Å². The molecule has 1 aliphatic carbocycles. The molecule has 1 unspecified atom stereocenters. The lowest BCUT2D eigenvalue weighted by Gasteiger charge is -2.29. The molecule has 2 aromatic heterocycles. The van der Waals surface area contributed by atoms with E-state index in [1.807, 2.05) is 41.3 Å². The van der Waals surface area contributed by atoms with Crippen LogP contribution in [0.2, 0.25) is 0 Å². The summed E-state index contributed by atoms with van der Waals surface area (Å²) in [6.45, 7) is 5.66. The third-order valence-corrected chi connectivity index (χ3v) is 6.51. The smallest absolute Gasteiger partial charge is 0.225 e. The molecule has 2 aliphatic rings. The van der Waals surface area contributed by atoms with E-state index in [0.29, 0.717) is 30.9 Å². The first-order valence-corrected chi connectivity index (χ1v) is 11.2. The zero-order chi connectivity index (χ0) is 22.3. The maximum atomic E-state index is 14.4. The first kappa shape index (κ1) is 20.7. The molecular formula is C25H28FN5O. The fraction of sp³-hybridized carbons (Fsp3) is 0.400. The topological polar surface area (TPSA) is 73.9 Å². The Hall–Kier alpha value is -3.22. The molecule has 1 fully saturated rings. The minimum absolute atomic E-state index is 0.0898. The predicted octanol–water partition coefficient (Wildman–Crippen LogP) is 4.34. The molecule has 5 rings (SSSR count). The number of hydrogen-bond donors (Lipinski definition) is 2.